The number of carboxylic acid groups (broad SMARTS) is 1. The van der Waals surface area contributed by atoms with Gasteiger partial charge in [-0.25, -0.2) is 9.80 Å². The Hall–Kier alpha value is -3.45. The van der Waals surface area contributed by atoms with E-state index in [1.807, 2.05) is 0 Å². The highest BCUT2D eigenvalue weighted by Crippen LogP contribution is 2.47. The third-order valence-corrected chi connectivity index (χ3v) is 5.01. The van der Waals surface area contributed by atoms with Gasteiger partial charge in [0.15, 0.2) is 5.54 Å². The molecule has 2 aliphatic heterocycles. The number of hydrazone groups is 1. The van der Waals surface area contributed by atoms with Crippen LogP contribution in [0.15, 0.2) is 65.8 Å². The van der Waals surface area contributed by atoms with Gasteiger partial charge in [0.05, 0.1) is 5.71 Å². The van der Waals surface area contributed by atoms with Crippen LogP contribution in [0.2, 0.25) is 5.02 Å². The summed E-state index contributed by atoms with van der Waals surface area (Å²) in [5, 5.41) is 17.7. The summed E-state index contributed by atoms with van der Waals surface area (Å²) in [7, 11) is 0. The van der Waals surface area contributed by atoms with E-state index in [0.29, 0.717) is 22.0 Å². The van der Waals surface area contributed by atoms with Crippen LogP contribution < -0.4 is 5.32 Å². The second-order valence-corrected chi connectivity index (χ2v) is 6.85. The minimum Gasteiger partial charge on any atom is -0.478 e. The molecule has 0 fully saturated rings. The largest absolute Gasteiger partial charge is 0.478 e. The molecule has 2 N–H and O–H groups in total. The van der Waals surface area contributed by atoms with Crippen molar-refractivity contribution >= 4 is 40.8 Å². The van der Waals surface area contributed by atoms with Gasteiger partial charge in [0.2, 0.25) is 0 Å². The molecular formula is C20H14ClN3O4. The predicted octanol–water partition coefficient (Wildman–Crippen LogP) is 2.76. The van der Waals surface area contributed by atoms with Gasteiger partial charge in [-0.2, -0.15) is 5.10 Å². The smallest absolute Gasteiger partial charge is 0.328 e. The van der Waals surface area contributed by atoms with Crippen molar-refractivity contribution in [3.63, 3.8) is 0 Å². The number of halogens is 1. The fourth-order valence-electron chi connectivity index (χ4n) is 3.50. The second kappa shape index (κ2) is 6.61. The summed E-state index contributed by atoms with van der Waals surface area (Å²) in [6.07, 6.45) is 1.78. The number of hydrogen-bond acceptors (Lipinski definition) is 4. The monoisotopic (exact) mass is 395 g/mol. The molecule has 1 atom stereocenters. The number of anilines is 1. The van der Waals surface area contributed by atoms with Crippen LogP contribution in [-0.4, -0.2) is 33.6 Å². The van der Waals surface area contributed by atoms with Gasteiger partial charge >= 0.3 is 5.97 Å². The first-order chi connectivity index (χ1) is 13.4. The molecule has 1 unspecified atom stereocenters. The van der Waals surface area contributed by atoms with Crippen LogP contribution in [0.5, 0.6) is 0 Å². The van der Waals surface area contributed by atoms with Crippen LogP contribution in [0.25, 0.3) is 0 Å². The fraction of sp³-hybridized carbons (Fsp3) is 0.100. The molecule has 2 aromatic rings. The topological polar surface area (TPSA) is 99.1 Å². The molecule has 0 aromatic heterocycles. The van der Waals surface area contributed by atoms with Crippen LogP contribution in [0.4, 0.5) is 5.69 Å². The van der Waals surface area contributed by atoms with Gasteiger partial charge in [-0.15, -0.1) is 0 Å². The number of para-hydroxylation sites is 1. The quantitative estimate of drug-likeness (QED) is 0.780. The molecule has 0 aliphatic carbocycles. The standard InChI is InChI=1S/C20H14ClN3O4/c21-13-7-5-12(6-8-13)16-11-20(24(23-16)17(25)9-10-18(26)27)14-3-1-2-4-15(14)22-19(20)28/h1-10H,11H2,(H,22,28)(H,26,27)/b10-9+. The number of carbonyl (C=O) groups excluding carboxylic acids is 2. The number of amides is 2. The molecule has 0 bridgehead atoms. The molecule has 2 heterocycles. The Kier molecular flexibility index (Phi) is 4.24. The first-order valence-electron chi connectivity index (χ1n) is 8.41. The molecule has 0 saturated heterocycles. The van der Waals surface area contributed by atoms with Gasteiger partial charge in [-0.3, -0.25) is 9.59 Å². The second-order valence-electron chi connectivity index (χ2n) is 6.41. The summed E-state index contributed by atoms with van der Waals surface area (Å²) < 4.78 is 0. The molecule has 2 amide bonds. The molecule has 0 saturated carbocycles. The van der Waals surface area contributed by atoms with Crippen LogP contribution in [0, 0.1) is 0 Å². The summed E-state index contributed by atoms with van der Waals surface area (Å²) in [5.41, 5.74) is 1.09. The summed E-state index contributed by atoms with van der Waals surface area (Å²) in [6.45, 7) is 0. The van der Waals surface area contributed by atoms with Gasteiger partial charge < -0.3 is 10.4 Å². The number of nitrogens with zero attached hydrogens (tertiary/aromatic N) is 2. The van der Waals surface area contributed by atoms with Gasteiger partial charge in [0, 0.05) is 34.8 Å². The van der Waals surface area contributed by atoms with E-state index in [4.69, 9.17) is 16.7 Å². The Morgan fingerprint density at radius 3 is 2.57 bits per heavy atom. The Balaban J connectivity index is 1.84. The molecule has 2 aromatic carbocycles. The lowest BCUT2D eigenvalue weighted by atomic mass is 9.85. The lowest BCUT2D eigenvalue weighted by Crippen LogP contribution is -2.48. The maximum Gasteiger partial charge on any atom is 0.328 e. The number of carboxylic acids is 1. The van der Waals surface area contributed by atoms with Gasteiger partial charge in [0.25, 0.3) is 11.8 Å². The zero-order chi connectivity index (χ0) is 19.9. The van der Waals surface area contributed by atoms with E-state index in [2.05, 4.69) is 10.4 Å². The van der Waals surface area contributed by atoms with Crippen LogP contribution in [-0.2, 0) is 19.9 Å². The van der Waals surface area contributed by atoms with Gasteiger partial charge in [-0.05, 0) is 23.8 Å². The Morgan fingerprint density at radius 1 is 1.14 bits per heavy atom. The van der Waals surface area contributed by atoms with Crippen molar-refractivity contribution in [3.8, 4) is 0 Å². The number of nitrogens with one attached hydrogen (secondary N) is 1. The van der Waals surface area contributed by atoms with Crippen molar-refractivity contribution in [2.75, 3.05) is 5.32 Å². The van der Waals surface area contributed by atoms with Gasteiger partial charge in [0.1, 0.15) is 0 Å². The lowest BCUT2D eigenvalue weighted by Gasteiger charge is -2.29. The van der Waals surface area contributed by atoms with Crippen LogP contribution in [0.3, 0.4) is 0 Å². The van der Waals surface area contributed by atoms with E-state index in [1.165, 1.54) is 0 Å². The molecule has 0 radical (unpaired) electrons. The van der Waals surface area contributed by atoms with E-state index in [0.717, 1.165) is 22.7 Å². The van der Waals surface area contributed by atoms with Crippen molar-refractivity contribution in [1.29, 1.82) is 0 Å². The minimum absolute atomic E-state index is 0.157. The molecule has 2 aliphatic rings. The zero-order valence-corrected chi connectivity index (χ0v) is 15.2. The Morgan fingerprint density at radius 2 is 1.86 bits per heavy atom. The number of benzene rings is 2. The number of aliphatic carboxylic acids is 1. The van der Waals surface area contributed by atoms with Crippen LogP contribution >= 0.6 is 11.6 Å². The number of fused-ring (bicyclic) bond motifs is 2. The summed E-state index contributed by atoms with van der Waals surface area (Å²) >= 11 is 5.95. The third-order valence-electron chi connectivity index (χ3n) is 4.76. The van der Waals surface area contributed by atoms with Crippen LogP contribution in [0.1, 0.15) is 17.5 Å². The molecule has 28 heavy (non-hydrogen) atoms. The number of carbonyl (C=O) groups is 3. The fourth-order valence-corrected chi connectivity index (χ4v) is 3.62. The number of rotatable bonds is 3. The van der Waals surface area contributed by atoms with Crippen molar-refractivity contribution in [3.05, 3.63) is 76.8 Å². The van der Waals surface area contributed by atoms with E-state index in [9.17, 15) is 14.4 Å². The summed E-state index contributed by atoms with van der Waals surface area (Å²) in [4.78, 5) is 36.6. The first kappa shape index (κ1) is 17.9. The summed E-state index contributed by atoms with van der Waals surface area (Å²) in [6, 6.07) is 14.0. The normalized spacial score (nSPS) is 20.4. The highest BCUT2D eigenvalue weighted by molar-refractivity contribution is 6.30. The Labute approximate surface area is 164 Å². The summed E-state index contributed by atoms with van der Waals surface area (Å²) in [5.74, 6) is -2.35. The molecular weight excluding hydrogens is 382 g/mol. The average Bonchev–Trinajstić information content (AvgIpc) is 3.21. The van der Waals surface area contributed by atoms with Crippen molar-refractivity contribution in [2.24, 2.45) is 5.10 Å². The maximum atomic E-state index is 13.0. The van der Waals surface area contributed by atoms with Crippen molar-refractivity contribution < 1.29 is 19.5 Å². The predicted molar refractivity (Wildman–Crippen MR) is 103 cm³/mol. The molecule has 140 valence electrons. The maximum absolute atomic E-state index is 13.0. The van der Waals surface area contributed by atoms with E-state index in [-0.39, 0.29) is 6.42 Å². The van der Waals surface area contributed by atoms with E-state index in [1.54, 1.807) is 48.5 Å². The molecule has 7 nitrogen and oxygen atoms in total. The van der Waals surface area contributed by atoms with E-state index >= 15 is 0 Å². The highest BCUT2D eigenvalue weighted by Gasteiger charge is 2.57. The third kappa shape index (κ3) is 2.76. The number of hydrogen-bond donors (Lipinski definition) is 2. The lowest BCUT2D eigenvalue weighted by molar-refractivity contribution is -0.140. The molecule has 4 rings (SSSR count). The van der Waals surface area contributed by atoms with Gasteiger partial charge in [-0.1, -0.05) is 41.9 Å². The highest BCUT2D eigenvalue weighted by atomic mass is 35.5. The zero-order valence-electron chi connectivity index (χ0n) is 14.4. The molecule has 1 spiro atoms. The molecule has 8 heteroatoms. The van der Waals surface area contributed by atoms with Crippen molar-refractivity contribution in [1.82, 2.24) is 5.01 Å². The average molecular weight is 396 g/mol. The first-order valence-corrected chi connectivity index (χ1v) is 8.79. The SMILES string of the molecule is O=C(O)/C=C/C(=O)N1N=C(c2ccc(Cl)cc2)CC12C(=O)Nc1ccccc12. The van der Waals surface area contributed by atoms with E-state index < -0.39 is 23.3 Å². The minimum atomic E-state index is -1.37. The van der Waals surface area contributed by atoms with Crippen molar-refractivity contribution in [2.45, 2.75) is 12.0 Å². The Bertz CT molecular complexity index is 1060.